The van der Waals surface area contributed by atoms with Crippen LogP contribution in [-0.2, 0) is 0 Å². The van der Waals surface area contributed by atoms with Crippen LogP contribution in [-0.4, -0.2) is 23.9 Å². The molecule has 0 aliphatic heterocycles. The van der Waals surface area contributed by atoms with Crippen LogP contribution in [0.25, 0.3) is 0 Å². The van der Waals surface area contributed by atoms with E-state index in [9.17, 15) is 22.4 Å². The number of alkyl halides is 3. The number of halogens is 5. The first kappa shape index (κ1) is 13.8. The third-order valence-electron chi connectivity index (χ3n) is 1.66. The number of hydrogen-bond acceptors (Lipinski definition) is 2. The summed E-state index contributed by atoms with van der Waals surface area (Å²) in [6, 6.07) is 2.01. The second kappa shape index (κ2) is 4.91. The molecule has 0 heterocycles. The van der Waals surface area contributed by atoms with Gasteiger partial charge in [-0.2, -0.15) is 13.2 Å². The summed E-state index contributed by atoms with van der Waals surface area (Å²) in [5, 5.41) is 8.67. The first-order chi connectivity index (χ1) is 7.72. The second-order valence-electron chi connectivity index (χ2n) is 2.95. The molecule has 1 rings (SSSR count). The van der Waals surface area contributed by atoms with E-state index in [4.69, 9.17) is 5.11 Å². The Kier molecular flexibility index (Phi) is 3.97. The van der Waals surface area contributed by atoms with Crippen LogP contribution >= 0.6 is 15.9 Å². The van der Waals surface area contributed by atoms with Crippen molar-refractivity contribution < 1.29 is 32.2 Å². The Morgan fingerprint density at radius 3 is 2.47 bits per heavy atom. The average Bonchev–Trinajstić information content (AvgIpc) is 2.18. The van der Waals surface area contributed by atoms with Crippen LogP contribution in [0.2, 0.25) is 0 Å². The number of carboxylic acids is 1. The van der Waals surface area contributed by atoms with Crippen molar-refractivity contribution in [1.82, 2.24) is 0 Å². The molecule has 0 saturated heterocycles. The maximum absolute atomic E-state index is 13.4. The number of benzene rings is 1. The molecule has 1 aromatic carbocycles. The van der Waals surface area contributed by atoms with E-state index in [0.717, 1.165) is 12.1 Å². The monoisotopic (exact) mass is 316 g/mol. The molecule has 1 aromatic rings. The lowest BCUT2D eigenvalue weighted by atomic mass is 10.2. The molecule has 0 unspecified atom stereocenters. The van der Waals surface area contributed by atoms with Crippen LogP contribution in [0.15, 0.2) is 16.6 Å². The molecule has 0 amide bonds. The normalized spacial score (nSPS) is 11.4. The Morgan fingerprint density at radius 1 is 1.41 bits per heavy atom. The van der Waals surface area contributed by atoms with Crippen molar-refractivity contribution >= 4 is 21.9 Å². The number of aromatic carboxylic acids is 1. The van der Waals surface area contributed by atoms with Gasteiger partial charge in [0.15, 0.2) is 18.2 Å². The van der Waals surface area contributed by atoms with Gasteiger partial charge < -0.3 is 9.84 Å². The Labute approximate surface area is 101 Å². The minimum Gasteiger partial charge on any atom is -0.480 e. The Hall–Kier alpha value is -1.31. The molecule has 1 N–H and O–H groups in total. The zero-order valence-electron chi connectivity index (χ0n) is 8.02. The standard InChI is InChI=1S/C9H5BrF4O3/c10-5-2-1-4(8(15)16)7(6(5)11)17-3-9(12,13)14/h1-2H,3H2,(H,15,16). The molecule has 0 spiro atoms. The number of ether oxygens (including phenoxy) is 1. The molecular formula is C9H5BrF4O3. The molecule has 8 heteroatoms. The van der Waals surface area contributed by atoms with Gasteiger partial charge in [0, 0.05) is 0 Å². The highest BCUT2D eigenvalue weighted by atomic mass is 79.9. The van der Waals surface area contributed by atoms with Crippen LogP contribution in [0.4, 0.5) is 17.6 Å². The summed E-state index contributed by atoms with van der Waals surface area (Å²) >= 11 is 2.72. The van der Waals surface area contributed by atoms with E-state index < -0.39 is 35.9 Å². The second-order valence-corrected chi connectivity index (χ2v) is 3.80. The molecule has 3 nitrogen and oxygen atoms in total. The van der Waals surface area contributed by atoms with E-state index in [2.05, 4.69) is 20.7 Å². The van der Waals surface area contributed by atoms with Gasteiger partial charge in [-0.1, -0.05) is 0 Å². The summed E-state index contributed by atoms with van der Waals surface area (Å²) in [5.41, 5.74) is -0.671. The predicted octanol–water partition coefficient (Wildman–Crippen LogP) is 3.23. The fourth-order valence-electron chi connectivity index (χ4n) is 0.996. The van der Waals surface area contributed by atoms with E-state index in [1.54, 1.807) is 0 Å². The van der Waals surface area contributed by atoms with Crippen LogP contribution in [0.5, 0.6) is 5.75 Å². The molecule has 0 aromatic heterocycles. The zero-order valence-corrected chi connectivity index (χ0v) is 9.60. The highest BCUT2D eigenvalue weighted by molar-refractivity contribution is 9.10. The van der Waals surface area contributed by atoms with E-state index in [1.807, 2.05) is 0 Å². The smallest absolute Gasteiger partial charge is 0.422 e. The molecule has 0 aliphatic carbocycles. The topological polar surface area (TPSA) is 46.5 Å². The van der Waals surface area contributed by atoms with Crippen molar-refractivity contribution in [3.8, 4) is 5.75 Å². The third kappa shape index (κ3) is 3.58. The van der Waals surface area contributed by atoms with Gasteiger partial charge in [-0.05, 0) is 28.1 Å². The molecular weight excluding hydrogens is 312 g/mol. The predicted molar refractivity (Wildman–Crippen MR) is 52.6 cm³/mol. The molecule has 0 radical (unpaired) electrons. The van der Waals surface area contributed by atoms with Crippen molar-refractivity contribution in [3.05, 3.63) is 28.0 Å². The Balaban J connectivity index is 3.11. The minimum atomic E-state index is -4.68. The molecule has 0 fully saturated rings. The molecule has 17 heavy (non-hydrogen) atoms. The van der Waals surface area contributed by atoms with Gasteiger partial charge >= 0.3 is 12.1 Å². The fourth-order valence-corrected chi connectivity index (χ4v) is 1.31. The molecule has 0 bridgehead atoms. The summed E-state index contributed by atoms with van der Waals surface area (Å²) < 4.78 is 53.1. The van der Waals surface area contributed by atoms with Gasteiger partial charge in [-0.15, -0.1) is 0 Å². The molecule has 0 atom stereocenters. The zero-order chi connectivity index (χ0) is 13.2. The summed E-state index contributed by atoms with van der Waals surface area (Å²) in [5.74, 6) is -3.70. The molecule has 0 aliphatic rings. The third-order valence-corrected chi connectivity index (χ3v) is 2.27. The first-order valence-electron chi connectivity index (χ1n) is 4.13. The lowest BCUT2D eigenvalue weighted by molar-refractivity contribution is -0.153. The van der Waals surface area contributed by atoms with E-state index in [-0.39, 0.29) is 4.47 Å². The van der Waals surface area contributed by atoms with Crippen LogP contribution in [0.1, 0.15) is 10.4 Å². The molecule has 0 saturated carbocycles. The van der Waals surface area contributed by atoms with Gasteiger partial charge in [0.2, 0.25) is 0 Å². The lowest BCUT2D eigenvalue weighted by Crippen LogP contribution is -2.21. The maximum atomic E-state index is 13.4. The number of hydrogen-bond donors (Lipinski definition) is 1. The minimum absolute atomic E-state index is 0.181. The van der Waals surface area contributed by atoms with Gasteiger partial charge in [-0.3, -0.25) is 0 Å². The highest BCUT2D eigenvalue weighted by Gasteiger charge is 2.30. The van der Waals surface area contributed by atoms with Crippen LogP contribution in [0, 0.1) is 5.82 Å². The van der Waals surface area contributed by atoms with Gasteiger partial charge in [-0.25, -0.2) is 9.18 Å². The summed E-state index contributed by atoms with van der Waals surface area (Å²) in [4.78, 5) is 10.7. The van der Waals surface area contributed by atoms with E-state index in [0.29, 0.717) is 0 Å². The van der Waals surface area contributed by atoms with Crippen LogP contribution in [0.3, 0.4) is 0 Å². The van der Waals surface area contributed by atoms with Crippen molar-refractivity contribution in [1.29, 1.82) is 0 Å². The Morgan fingerprint density at radius 2 is 2.00 bits per heavy atom. The summed E-state index contributed by atoms with van der Waals surface area (Å²) in [6.45, 7) is -1.76. The van der Waals surface area contributed by atoms with Gasteiger partial charge in [0.25, 0.3) is 0 Å². The maximum Gasteiger partial charge on any atom is 0.422 e. The largest absolute Gasteiger partial charge is 0.480 e. The average molecular weight is 317 g/mol. The lowest BCUT2D eigenvalue weighted by Gasteiger charge is -2.12. The summed E-state index contributed by atoms with van der Waals surface area (Å²) in [7, 11) is 0. The SMILES string of the molecule is O=C(O)c1ccc(Br)c(F)c1OCC(F)(F)F. The van der Waals surface area contributed by atoms with Gasteiger partial charge in [0.05, 0.1) is 4.47 Å². The quantitative estimate of drug-likeness (QED) is 0.871. The van der Waals surface area contributed by atoms with Crippen molar-refractivity contribution in [2.45, 2.75) is 6.18 Å². The van der Waals surface area contributed by atoms with Crippen molar-refractivity contribution in [2.24, 2.45) is 0 Å². The van der Waals surface area contributed by atoms with Crippen molar-refractivity contribution in [2.75, 3.05) is 6.61 Å². The number of carbonyl (C=O) groups is 1. The molecule has 94 valence electrons. The van der Waals surface area contributed by atoms with E-state index in [1.165, 1.54) is 0 Å². The van der Waals surface area contributed by atoms with Crippen molar-refractivity contribution in [3.63, 3.8) is 0 Å². The van der Waals surface area contributed by atoms with Gasteiger partial charge in [0.1, 0.15) is 5.56 Å². The van der Waals surface area contributed by atoms with Crippen LogP contribution < -0.4 is 4.74 Å². The Bertz CT molecular complexity index is 445. The highest BCUT2D eigenvalue weighted by Crippen LogP contribution is 2.30. The first-order valence-corrected chi connectivity index (χ1v) is 4.92. The number of carboxylic acid groups (broad SMARTS) is 1. The fraction of sp³-hybridized carbons (Fsp3) is 0.222. The van der Waals surface area contributed by atoms with E-state index >= 15 is 0 Å². The number of rotatable bonds is 3. The summed E-state index contributed by atoms with van der Waals surface area (Å²) in [6.07, 6.45) is -4.68.